The van der Waals surface area contributed by atoms with E-state index in [2.05, 4.69) is 46.4 Å². The lowest BCUT2D eigenvalue weighted by Crippen LogP contribution is -2.46. The number of likely N-dealkylation sites (tertiary alicyclic amines) is 1. The third-order valence-electron chi connectivity index (χ3n) is 6.39. The Hall–Kier alpha value is -1.72. The van der Waals surface area contributed by atoms with Gasteiger partial charge in [0.2, 0.25) is 5.91 Å². The minimum atomic E-state index is 0.108. The van der Waals surface area contributed by atoms with Crippen molar-refractivity contribution in [1.29, 1.82) is 0 Å². The van der Waals surface area contributed by atoms with Crippen molar-refractivity contribution in [3.8, 4) is 10.6 Å². The fraction of sp³-hybridized carbons (Fsp3) is 0.583. The Morgan fingerprint density at radius 1 is 1.10 bits per heavy atom. The number of rotatable bonds is 6. The maximum absolute atomic E-state index is 12.5. The van der Waals surface area contributed by atoms with E-state index in [1.807, 2.05) is 5.38 Å². The van der Waals surface area contributed by atoms with Crippen molar-refractivity contribution >= 4 is 17.2 Å². The Labute approximate surface area is 178 Å². The molecule has 5 heteroatoms. The molecule has 2 aliphatic rings. The minimum Gasteiger partial charge on any atom is -0.353 e. The highest BCUT2D eigenvalue weighted by Crippen LogP contribution is 2.26. The largest absolute Gasteiger partial charge is 0.353 e. The molecule has 2 heterocycles. The standard InChI is InChI=1S/C24H33N3OS/c1-18-7-9-20(10-8-18)24-26-22(17-29-24)15-23(28)25-21-11-13-27(14-12-21)16-19-5-3-2-4-6-19/h7-10,17,19,21H,2-6,11-16H2,1H3,(H,25,28). The van der Waals surface area contributed by atoms with Crippen LogP contribution in [-0.2, 0) is 11.2 Å². The van der Waals surface area contributed by atoms with Crippen LogP contribution in [0.15, 0.2) is 29.6 Å². The number of hydrogen-bond donors (Lipinski definition) is 1. The average molecular weight is 412 g/mol. The van der Waals surface area contributed by atoms with Gasteiger partial charge < -0.3 is 10.2 Å². The number of thiazole rings is 1. The Balaban J connectivity index is 1.21. The van der Waals surface area contributed by atoms with Gasteiger partial charge >= 0.3 is 0 Å². The molecular weight excluding hydrogens is 378 g/mol. The lowest BCUT2D eigenvalue weighted by atomic mass is 9.88. The van der Waals surface area contributed by atoms with Crippen LogP contribution in [0.4, 0.5) is 0 Å². The van der Waals surface area contributed by atoms with E-state index in [4.69, 9.17) is 0 Å². The highest BCUT2D eigenvalue weighted by Gasteiger charge is 2.24. The molecule has 4 rings (SSSR count). The van der Waals surface area contributed by atoms with Gasteiger partial charge in [-0.3, -0.25) is 4.79 Å². The first kappa shape index (κ1) is 20.5. The first-order valence-corrected chi connectivity index (χ1v) is 12.1. The molecule has 1 aliphatic carbocycles. The van der Waals surface area contributed by atoms with Crippen molar-refractivity contribution in [1.82, 2.24) is 15.2 Å². The second-order valence-electron chi connectivity index (χ2n) is 8.83. The van der Waals surface area contributed by atoms with Crippen LogP contribution in [0.25, 0.3) is 10.6 Å². The summed E-state index contributed by atoms with van der Waals surface area (Å²) in [6, 6.07) is 8.71. The van der Waals surface area contributed by atoms with E-state index < -0.39 is 0 Å². The molecule has 2 aromatic rings. The SMILES string of the molecule is Cc1ccc(-c2nc(CC(=O)NC3CCN(CC4CCCCC4)CC3)cs2)cc1. The maximum Gasteiger partial charge on any atom is 0.226 e. The van der Waals surface area contributed by atoms with E-state index in [1.54, 1.807) is 11.3 Å². The molecule has 4 nitrogen and oxygen atoms in total. The van der Waals surface area contributed by atoms with Crippen molar-refractivity contribution in [3.63, 3.8) is 0 Å². The van der Waals surface area contributed by atoms with Crippen molar-refractivity contribution in [3.05, 3.63) is 40.9 Å². The van der Waals surface area contributed by atoms with Crippen LogP contribution in [0.3, 0.4) is 0 Å². The monoisotopic (exact) mass is 411 g/mol. The molecule has 0 spiro atoms. The molecule has 0 unspecified atom stereocenters. The van der Waals surface area contributed by atoms with Crippen LogP contribution in [-0.4, -0.2) is 41.5 Å². The third kappa shape index (κ3) is 5.89. The maximum atomic E-state index is 12.5. The summed E-state index contributed by atoms with van der Waals surface area (Å²) < 4.78 is 0. The van der Waals surface area contributed by atoms with Crippen molar-refractivity contribution in [2.24, 2.45) is 5.92 Å². The summed E-state index contributed by atoms with van der Waals surface area (Å²) in [5.74, 6) is 1.01. The van der Waals surface area contributed by atoms with Crippen molar-refractivity contribution < 1.29 is 4.79 Å². The number of nitrogens with zero attached hydrogens (tertiary/aromatic N) is 2. The van der Waals surface area contributed by atoms with Crippen LogP contribution < -0.4 is 5.32 Å². The quantitative estimate of drug-likeness (QED) is 0.741. The molecule has 1 aromatic heterocycles. The van der Waals surface area contributed by atoms with E-state index in [-0.39, 0.29) is 5.91 Å². The molecule has 0 atom stereocenters. The number of benzene rings is 1. The van der Waals surface area contributed by atoms with Gasteiger partial charge in [-0.25, -0.2) is 4.98 Å². The predicted molar refractivity (Wildman–Crippen MR) is 120 cm³/mol. The smallest absolute Gasteiger partial charge is 0.226 e. The van der Waals surface area contributed by atoms with Crippen LogP contribution in [0, 0.1) is 12.8 Å². The molecule has 0 bridgehead atoms. The van der Waals surface area contributed by atoms with Crippen LogP contribution in [0.1, 0.15) is 56.2 Å². The zero-order valence-corrected chi connectivity index (χ0v) is 18.3. The summed E-state index contributed by atoms with van der Waals surface area (Å²) in [5, 5.41) is 6.25. The van der Waals surface area contributed by atoms with Gasteiger partial charge in [0.15, 0.2) is 0 Å². The summed E-state index contributed by atoms with van der Waals surface area (Å²) >= 11 is 1.62. The number of amides is 1. The zero-order chi connectivity index (χ0) is 20.1. The Kier molecular flexibility index (Phi) is 6.98. The molecule has 1 N–H and O–H groups in total. The molecule has 0 radical (unpaired) electrons. The lowest BCUT2D eigenvalue weighted by Gasteiger charge is -2.35. The molecular formula is C24H33N3OS. The Morgan fingerprint density at radius 3 is 2.55 bits per heavy atom. The average Bonchev–Trinajstić information content (AvgIpc) is 3.19. The number of piperidine rings is 1. The number of nitrogens with one attached hydrogen (secondary N) is 1. The second kappa shape index (κ2) is 9.86. The van der Waals surface area contributed by atoms with E-state index in [0.29, 0.717) is 12.5 Å². The van der Waals surface area contributed by atoms with Crippen LogP contribution in [0.2, 0.25) is 0 Å². The predicted octanol–water partition coefficient (Wildman–Crippen LogP) is 4.82. The van der Waals surface area contributed by atoms with Crippen LogP contribution in [0.5, 0.6) is 0 Å². The molecule has 1 aliphatic heterocycles. The Bertz CT molecular complexity index is 787. The normalized spacial score (nSPS) is 19.3. The molecule has 2 fully saturated rings. The molecule has 29 heavy (non-hydrogen) atoms. The summed E-state index contributed by atoms with van der Waals surface area (Å²) in [4.78, 5) is 19.8. The zero-order valence-electron chi connectivity index (χ0n) is 17.5. The van der Waals surface area contributed by atoms with Gasteiger partial charge in [-0.1, -0.05) is 49.1 Å². The highest BCUT2D eigenvalue weighted by atomic mass is 32.1. The fourth-order valence-corrected chi connectivity index (χ4v) is 5.48. The second-order valence-corrected chi connectivity index (χ2v) is 9.69. The van der Waals surface area contributed by atoms with Gasteiger partial charge in [0.25, 0.3) is 0 Å². The Morgan fingerprint density at radius 2 is 1.83 bits per heavy atom. The van der Waals surface area contributed by atoms with E-state index in [9.17, 15) is 4.79 Å². The topological polar surface area (TPSA) is 45.2 Å². The summed E-state index contributed by atoms with van der Waals surface area (Å²) in [6.07, 6.45) is 9.61. The van der Waals surface area contributed by atoms with Gasteiger partial charge in [0, 0.05) is 36.6 Å². The number of aromatic nitrogens is 1. The first-order chi connectivity index (χ1) is 14.2. The van der Waals surface area contributed by atoms with Gasteiger partial charge in [0.1, 0.15) is 5.01 Å². The van der Waals surface area contributed by atoms with E-state index in [1.165, 1.54) is 44.2 Å². The van der Waals surface area contributed by atoms with Gasteiger partial charge in [-0.2, -0.15) is 0 Å². The van der Waals surface area contributed by atoms with Gasteiger partial charge in [-0.05, 0) is 38.5 Å². The summed E-state index contributed by atoms with van der Waals surface area (Å²) in [7, 11) is 0. The lowest BCUT2D eigenvalue weighted by molar-refractivity contribution is -0.121. The van der Waals surface area contributed by atoms with Gasteiger partial charge in [-0.15, -0.1) is 11.3 Å². The molecule has 1 aromatic carbocycles. The first-order valence-electron chi connectivity index (χ1n) is 11.2. The van der Waals surface area contributed by atoms with Crippen LogP contribution >= 0.6 is 11.3 Å². The minimum absolute atomic E-state index is 0.108. The molecule has 1 saturated heterocycles. The van der Waals surface area contributed by atoms with Crippen molar-refractivity contribution in [2.45, 2.75) is 64.3 Å². The summed E-state index contributed by atoms with van der Waals surface area (Å²) in [6.45, 7) is 5.59. The number of carbonyl (C=O) groups is 1. The van der Waals surface area contributed by atoms with Gasteiger partial charge in [0.05, 0.1) is 12.1 Å². The molecule has 156 valence electrons. The number of hydrogen-bond acceptors (Lipinski definition) is 4. The van der Waals surface area contributed by atoms with E-state index in [0.717, 1.165) is 48.1 Å². The van der Waals surface area contributed by atoms with E-state index >= 15 is 0 Å². The highest BCUT2D eigenvalue weighted by molar-refractivity contribution is 7.13. The number of aryl methyl sites for hydroxylation is 1. The number of carbonyl (C=O) groups excluding carboxylic acids is 1. The fourth-order valence-electron chi connectivity index (χ4n) is 4.65. The summed E-state index contributed by atoms with van der Waals surface area (Å²) in [5.41, 5.74) is 3.24. The molecule has 1 amide bonds. The van der Waals surface area contributed by atoms with Crippen molar-refractivity contribution in [2.75, 3.05) is 19.6 Å². The molecule has 1 saturated carbocycles. The third-order valence-corrected chi connectivity index (χ3v) is 7.33.